The summed E-state index contributed by atoms with van der Waals surface area (Å²) in [5.74, 6) is 2.24. The minimum Gasteiger partial charge on any atom is -0.362 e. The highest BCUT2D eigenvalue weighted by atomic mass is 16.1. The van der Waals surface area contributed by atoms with Gasteiger partial charge < -0.3 is 15.5 Å². The molecule has 0 saturated heterocycles. The Kier molecular flexibility index (Phi) is 6.27. The third-order valence-electron chi connectivity index (χ3n) is 5.14. The van der Waals surface area contributed by atoms with Crippen LogP contribution in [0.2, 0.25) is 0 Å². The maximum absolute atomic E-state index is 12.3. The van der Waals surface area contributed by atoms with Crippen molar-refractivity contribution in [1.82, 2.24) is 15.3 Å². The van der Waals surface area contributed by atoms with Crippen LogP contribution in [0.4, 0.5) is 11.8 Å². The van der Waals surface area contributed by atoms with E-state index >= 15 is 0 Å². The van der Waals surface area contributed by atoms with Gasteiger partial charge in [-0.3, -0.25) is 4.79 Å². The quantitative estimate of drug-likeness (QED) is 0.820. The van der Waals surface area contributed by atoms with E-state index in [1.165, 1.54) is 0 Å². The second-order valence-electron chi connectivity index (χ2n) is 7.53. The lowest BCUT2D eigenvalue weighted by Gasteiger charge is -2.29. The Balaban J connectivity index is 1.45. The summed E-state index contributed by atoms with van der Waals surface area (Å²) < 4.78 is 0. The molecule has 0 aliphatic heterocycles. The zero-order valence-electron chi connectivity index (χ0n) is 16.4. The Labute approximate surface area is 161 Å². The molecule has 1 amide bonds. The summed E-state index contributed by atoms with van der Waals surface area (Å²) in [5.41, 5.74) is 1.80. The fraction of sp³-hybridized carbons (Fsp3) is 0.476. The average molecular weight is 367 g/mol. The molecule has 27 heavy (non-hydrogen) atoms. The number of benzene rings is 1. The van der Waals surface area contributed by atoms with Crippen LogP contribution >= 0.6 is 0 Å². The maximum Gasteiger partial charge on any atom is 0.251 e. The second kappa shape index (κ2) is 8.84. The highest BCUT2D eigenvalue weighted by Gasteiger charge is 2.23. The Morgan fingerprint density at radius 3 is 2.52 bits per heavy atom. The molecule has 1 fully saturated rings. The first-order valence-electron chi connectivity index (χ1n) is 9.63. The van der Waals surface area contributed by atoms with Gasteiger partial charge in [-0.25, -0.2) is 4.98 Å². The molecule has 1 aliphatic rings. The van der Waals surface area contributed by atoms with Crippen molar-refractivity contribution in [1.29, 1.82) is 0 Å². The van der Waals surface area contributed by atoms with Crippen molar-refractivity contribution in [3.8, 4) is 0 Å². The van der Waals surface area contributed by atoms with E-state index in [9.17, 15) is 4.79 Å². The van der Waals surface area contributed by atoms with Crippen molar-refractivity contribution < 1.29 is 4.79 Å². The minimum atomic E-state index is 0.0291. The smallest absolute Gasteiger partial charge is 0.251 e. The van der Waals surface area contributed by atoms with E-state index in [-0.39, 0.29) is 11.9 Å². The molecular weight excluding hydrogens is 338 g/mol. The zero-order valence-corrected chi connectivity index (χ0v) is 16.4. The molecule has 6 nitrogen and oxygen atoms in total. The number of carbonyl (C=O) groups is 1. The van der Waals surface area contributed by atoms with Crippen LogP contribution in [0, 0.1) is 12.8 Å². The molecule has 1 aliphatic carbocycles. The van der Waals surface area contributed by atoms with Gasteiger partial charge >= 0.3 is 0 Å². The monoisotopic (exact) mass is 367 g/mol. The molecule has 2 aromatic rings. The first-order chi connectivity index (χ1) is 13.0. The van der Waals surface area contributed by atoms with E-state index in [0.29, 0.717) is 11.9 Å². The van der Waals surface area contributed by atoms with Crippen molar-refractivity contribution in [3.63, 3.8) is 0 Å². The van der Waals surface area contributed by atoms with Gasteiger partial charge in [0.25, 0.3) is 5.91 Å². The molecule has 0 atom stereocenters. The molecule has 3 rings (SSSR count). The Morgan fingerprint density at radius 1 is 1.15 bits per heavy atom. The van der Waals surface area contributed by atoms with Gasteiger partial charge in [-0.15, -0.1) is 0 Å². The third-order valence-corrected chi connectivity index (χ3v) is 5.14. The summed E-state index contributed by atoms with van der Waals surface area (Å²) in [5, 5.41) is 6.55. The lowest BCUT2D eigenvalue weighted by molar-refractivity contribution is 0.0922. The summed E-state index contributed by atoms with van der Waals surface area (Å²) in [7, 11) is 3.98. The topological polar surface area (TPSA) is 70.1 Å². The molecular formula is C21H29N5O. The predicted molar refractivity (Wildman–Crippen MR) is 109 cm³/mol. The maximum atomic E-state index is 12.3. The SMILES string of the molecule is Cc1cnc(NCC2CCC(NC(=O)c3ccccc3)CC2)nc1N(C)C. The Bertz CT molecular complexity index is 754. The van der Waals surface area contributed by atoms with Crippen LogP contribution in [-0.2, 0) is 0 Å². The summed E-state index contributed by atoms with van der Waals surface area (Å²) >= 11 is 0. The number of nitrogens with one attached hydrogen (secondary N) is 2. The molecule has 1 saturated carbocycles. The van der Waals surface area contributed by atoms with Crippen molar-refractivity contribution in [2.45, 2.75) is 38.6 Å². The first-order valence-corrected chi connectivity index (χ1v) is 9.63. The van der Waals surface area contributed by atoms with Crippen LogP contribution in [0.15, 0.2) is 36.5 Å². The Hall–Kier alpha value is -2.63. The molecule has 0 bridgehead atoms. The molecule has 6 heteroatoms. The molecule has 1 heterocycles. The van der Waals surface area contributed by atoms with Gasteiger partial charge in [0, 0.05) is 44.0 Å². The summed E-state index contributed by atoms with van der Waals surface area (Å²) in [6.45, 7) is 2.89. The average Bonchev–Trinajstić information content (AvgIpc) is 2.69. The number of aromatic nitrogens is 2. The number of nitrogens with zero attached hydrogens (tertiary/aromatic N) is 3. The van der Waals surface area contributed by atoms with Crippen LogP contribution in [0.5, 0.6) is 0 Å². The molecule has 144 valence electrons. The predicted octanol–water partition coefficient (Wildman–Crippen LogP) is 3.25. The number of amides is 1. The van der Waals surface area contributed by atoms with E-state index < -0.39 is 0 Å². The van der Waals surface area contributed by atoms with Gasteiger partial charge in [-0.1, -0.05) is 18.2 Å². The van der Waals surface area contributed by atoms with Gasteiger partial charge in [0.1, 0.15) is 5.82 Å². The van der Waals surface area contributed by atoms with Crippen LogP contribution in [0.1, 0.15) is 41.6 Å². The van der Waals surface area contributed by atoms with Crippen molar-refractivity contribution >= 4 is 17.7 Å². The molecule has 0 radical (unpaired) electrons. The number of anilines is 2. The highest BCUT2D eigenvalue weighted by molar-refractivity contribution is 5.94. The minimum absolute atomic E-state index is 0.0291. The van der Waals surface area contributed by atoms with Gasteiger partial charge in [0.15, 0.2) is 0 Å². The number of hydrogen-bond donors (Lipinski definition) is 2. The summed E-state index contributed by atoms with van der Waals surface area (Å²) in [6.07, 6.45) is 6.09. The van der Waals surface area contributed by atoms with E-state index in [4.69, 9.17) is 0 Å². The van der Waals surface area contributed by atoms with E-state index in [1.54, 1.807) is 0 Å². The lowest BCUT2D eigenvalue weighted by Crippen LogP contribution is -2.38. The standard InChI is InChI=1S/C21H29N5O/c1-15-13-22-21(25-19(15)26(2)3)23-14-16-9-11-18(12-10-16)24-20(27)17-7-5-4-6-8-17/h4-8,13,16,18H,9-12,14H2,1-3H3,(H,24,27)(H,22,23,25). The number of aryl methyl sites for hydroxylation is 1. The highest BCUT2D eigenvalue weighted by Crippen LogP contribution is 2.25. The number of carbonyl (C=O) groups excluding carboxylic acids is 1. The molecule has 1 aromatic carbocycles. The van der Waals surface area contributed by atoms with Crippen molar-refractivity contribution in [3.05, 3.63) is 47.7 Å². The molecule has 0 spiro atoms. The lowest BCUT2D eigenvalue weighted by atomic mass is 9.86. The third kappa shape index (κ3) is 5.18. The number of hydrogen-bond acceptors (Lipinski definition) is 5. The second-order valence-corrected chi connectivity index (χ2v) is 7.53. The van der Waals surface area contributed by atoms with Crippen LogP contribution in [0.3, 0.4) is 0 Å². The van der Waals surface area contributed by atoms with Crippen LogP contribution in [-0.4, -0.2) is 42.6 Å². The van der Waals surface area contributed by atoms with Crippen molar-refractivity contribution in [2.75, 3.05) is 30.9 Å². The van der Waals surface area contributed by atoms with Gasteiger partial charge in [-0.2, -0.15) is 4.98 Å². The molecule has 0 unspecified atom stereocenters. The van der Waals surface area contributed by atoms with Crippen molar-refractivity contribution in [2.24, 2.45) is 5.92 Å². The first kappa shape index (κ1) is 19.1. The van der Waals surface area contributed by atoms with E-state index in [1.807, 2.05) is 62.4 Å². The fourth-order valence-corrected chi connectivity index (χ4v) is 3.58. The van der Waals surface area contributed by atoms with Crippen LogP contribution < -0.4 is 15.5 Å². The number of rotatable bonds is 6. The van der Waals surface area contributed by atoms with E-state index in [0.717, 1.165) is 49.2 Å². The summed E-state index contributed by atoms with van der Waals surface area (Å²) in [4.78, 5) is 23.3. The van der Waals surface area contributed by atoms with Gasteiger partial charge in [-0.05, 0) is 50.7 Å². The zero-order chi connectivity index (χ0) is 19.2. The van der Waals surface area contributed by atoms with E-state index in [2.05, 4.69) is 20.6 Å². The fourth-order valence-electron chi connectivity index (χ4n) is 3.58. The molecule has 2 N–H and O–H groups in total. The van der Waals surface area contributed by atoms with Gasteiger partial charge in [0.2, 0.25) is 5.95 Å². The molecule has 1 aromatic heterocycles. The van der Waals surface area contributed by atoms with Gasteiger partial charge in [0.05, 0.1) is 0 Å². The van der Waals surface area contributed by atoms with Crippen LogP contribution in [0.25, 0.3) is 0 Å². The summed E-state index contributed by atoms with van der Waals surface area (Å²) in [6, 6.07) is 9.69. The normalized spacial score (nSPS) is 19.4. The Morgan fingerprint density at radius 2 is 1.85 bits per heavy atom. The largest absolute Gasteiger partial charge is 0.362 e.